The Balaban J connectivity index is 1.82. The lowest BCUT2D eigenvalue weighted by Gasteiger charge is -2.18. The molecule has 0 unspecified atom stereocenters. The van der Waals surface area contributed by atoms with Crippen LogP contribution in [0.15, 0.2) is 36.4 Å². The van der Waals surface area contributed by atoms with Crippen molar-refractivity contribution in [3.63, 3.8) is 0 Å². The summed E-state index contributed by atoms with van der Waals surface area (Å²) < 4.78 is 29.3. The summed E-state index contributed by atoms with van der Waals surface area (Å²) in [5.74, 6) is -2.05. The third kappa shape index (κ3) is 3.73. The number of anilines is 1. The van der Waals surface area contributed by atoms with Gasteiger partial charge in [-0.2, -0.15) is 9.37 Å². The van der Waals surface area contributed by atoms with Crippen LogP contribution in [0.1, 0.15) is 21.5 Å². The van der Waals surface area contributed by atoms with Crippen LogP contribution in [0.25, 0.3) is 22.5 Å². The van der Waals surface area contributed by atoms with Gasteiger partial charge >= 0.3 is 0 Å². The Hall–Kier alpha value is -3.39. The summed E-state index contributed by atoms with van der Waals surface area (Å²) in [5.41, 5.74) is 8.63. The number of aromatic nitrogens is 2. The molecule has 0 bridgehead atoms. The highest BCUT2D eigenvalue weighted by Crippen LogP contribution is 2.31. The molecule has 8 heteroatoms. The van der Waals surface area contributed by atoms with Gasteiger partial charge in [-0.1, -0.05) is 18.2 Å². The van der Waals surface area contributed by atoms with E-state index < -0.39 is 17.7 Å². The van der Waals surface area contributed by atoms with Crippen LogP contribution in [0.2, 0.25) is 0 Å². The first-order valence-electron chi connectivity index (χ1n) is 9.51. The molecule has 0 atom stereocenters. The van der Waals surface area contributed by atoms with E-state index in [1.165, 1.54) is 6.07 Å². The van der Waals surface area contributed by atoms with Gasteiger partial charge in [0.15, 0.2) is 5.82 Å². The minimum absolute atomic E-state index is 0.0234. The second kappa shape index (κ2) is 7.79. The van der Waals surface area contributed by atoms with Gasteiger partial charge < -0.3 is 16.0 Å². The van der Waals surface area contributed by atoms with E-state index in [4.69, 9.17) is 5.73 Å². The number of halogens is 2. The number of amides is 1. The predicted molar refractivity (Wildman–Crippen MR) is 111 cm³/mol. The van der Waals surface area contributed by atoms with E-state index in [2.05, 4.69) is 15.3 Å². The van der Waals surface area contributed by atoms with E-state index in [-0.39, 0.29) is 22.8 Å². The minimum atomic E-state index is -0.795. The lowest BCUT2D eigenvalue weighted by molar-refractivity contribution is 0.0941. The fourth-order valence-corrected chi connectivity index (χ4v) is 3.66. The molecule has 0 saturated carbocycles. The molecule has 0 spiro atoms. The molecule has 0 saturated heterocycles. The number of nitrogens with two attached hydrogens (primary N) is 1. The van der Waals surface area contributed by atoms with Crippen LogP contribution in [0.4, 0.5) is 14.6 Å². The van der Waals surface area contributed by atoms with Crippen LogP contribution >= 0.6 is 0 Å². The molecule has 0 aliphatic carbocycles. The van der Waals surface area contributed by atoms with E-state index >= 15 is 0 Å². The quantitative estimate of drug-likeness (QED) is 0.692. The molecule has 0 radical (unpaired) electrons. The lowest BCUT2D eigenvalue weighted by Crippen LogP contribution is -2.32. The molecular weight excluding hydrogens is 388 g/mol. The molecule has 4 rings (SSSR count). The highest BCUT2D eigenvalue weighted by atomic mass is 19.1. The van der Waals surface area contributed by atoms with Crippen LogP contribution in [0.3, 0.4) is 0 Å². The Labute approximate surface area is 172 Å². The first-order valence-corrected chi connectivity index (χ1v) is 9.51. The minimum Gasteiger partial charge on any atom is -0.382 e. The smallest absolute Gasteiger partial charge is 0.254 e. The molecule has 1 aliphatic rings. The Morgan fingerprint density at radius 1 is 1.10 bits per heavy atom. The largest absolute Gasteiger partial charge is 0.382 e. The Kier molecular flexibility index (Phi) is 5.17. The standard InChI is InChI=1S/C22H21F2N5O/c1-29(2)11-12-4-3-5-14(8-12)18-20(24)28-21(25)19(27-18)15-9-13-6-7-26-22(30)17(13)16(23)10-15/h3-5,8-10H,6-7,11H2,1-2H3,(H2,25,28)(H,26,30). The van der Waals surface area contributed by atoms with Gasteiger partial charge in [0.1, 0.15) is 17.2 Å². The first kappa shape index (κ1) is 19.9. The molecule has 154 valence electrons. The molecule has 3 N–H and O–H groups in total. The van der Waals surface area contributed by atoms with Crippen LogP contribution in [0.5, 0.6) is 0 Å². The average Bonchev–Trinajstić information content (AvgIpc) is 2.67. The zero-order chi connectivity index (χ0) is 21.4. The SMILES string of the molecule is CN(C)Cc1cccc(-c2nc(-c3cc(F)c4c(c3)CCNC4=O)c(N)nc2F)c1. The Bertz CT molecular complexity index is 1150. The summed E-state index contributed by atoms with van der Waals surface area (Å²) in [6, 6.07) is 10.2. The number of carbonyl (C=O) groups excluding carboxylic acids is 1. The molecule has 1 aliphatic heterocycles. The van der Waals surface area contributed by atoms with Gasteiger partial charge in [-0.05, 0) is 49.8 Å². The lowest BCUT2D eigenvalue weighted by atomic mass is 9.96. The van der Waals surface area contributed by atoms with Gasteiger partial charge in [0.25, 0.3) is 5.91 Å². The number of rotatable bonds is 4. The van der Waals surface area contributed by atoms with Crippen molar-refractivity contribution < 1.29 is 13.6 Å². The first-order chi connectivity index (χ1) is 14.3. The molecule has 2 aromatic carbocycles. The molecule has 1 aromatic heterocycles. The maximum Gasteiger partial charge on any atom is 0.254 e. The fourth-order valence-electron chi connectivity index (χ4n) is 3.66. The topological polar surface area (TPSA) is 84.1 Å². The number of nitrogens with one attached hydrogen (secondary N) is 1. The van der Waals surface area contributed by atoms with E-state index in [1.807, 2.05) is 37.2 Å². The Morgan fingerprint density at radius 3 is 2.67 bits per heavy atom. The fraction of sp³-hybridized carbons (Fsp3) is 0.227. The zero-order valence-corrected chi connectivity index (χ0v) is 16.7. The maximum atomic E-state index is 14.6. The van der Waals surface area contributed by atoms with E-state index in [0.717, 1.165) is 5.56 Å². The monoisotopic (exact) mass is 409 g/mol. The van der Waals surface area contributed by atoms with Gasteiger partial charge in [0.05, 0.1) is 5.56 Å². The van der Waals surface area contributed by atoms with Gasteiger partial charge in [-0.3, -0.25) is 4.79 Å². The number of carbonyl (C=O) groups is 1. The van der Waals surface area contributed by atoms with E-state index in [0.29, 0.717) is 36.2 Å². The number of hydrogen-bond donors (Lipinski definition) is 2. The molecule has 2 heterocycles. The average molecular weight is 409 g/mol. The second-order valence-electron chi connectivity index (χ2n) is 7.53. The highest BCUT2D eigenvalue weighted by molar-refractivity contribution is 5.97. The highest BCUT2D eigenvalue weighted by Gasteiger charge is 2.24. The molecule has 30 heavy (non-hydrogen) atoms. The van der Waals surface area contributed by atoms with Crippen molar-refractivity contribution in [3.8, 4) is 22.5 Å². The summed E-state index contributed by atoms with van der Waals surface area (Å²) in [5, 5.41) is 2.62. The van der Waals surface area contributed by atoms with Gasteiger partial charge in [-0.25, -0.2) is 9.37 Å². The molecule has 1 amide bonds. The molecule has 3 aromatic rings. The molecule has 6 nitrogen and oxygen atoms in total. The van der Waals surface area contributed by atoms with E-state index in [9.17, 15) is 13.6 Å². The van der Waals surface area contributed by atoms with E-state index in [1.54, 1.807) is 12.1 Å². The van der Waals surface area contributed by atoms with Crippen LogP contribution in [-0.2, 0) is 13.0 Å². The van der Waals surface area contributed by atoms with Crippen molar-refractivity contribution >= 4 is 11.7 Å². The van der Waals surface area contributed by atoms with Crippen molar-refractivity contribution in [2.75, 3.05) is 26.4 Å². The van der Waals surface area contributed by atoms with Crippen LogP contribution in [-0.4, -0.2) is 41.4 Å². The predicted octanol–water partition coefficient (Wildman–Crippen LogP) is 3.02. The summed E-state index contributed by atoms with van der Waals surface area (Å²) in [4.78, 5) is 22.2. The van der Waals surface area contributed by atoms with Crippen molar-refractivity contribution in [2.45, 2.75) is 13.0 Å². The summed E-state index contributed by atoms with van der Waals surface area (Å²) >= 11 is 0. The maximum absolute atomic E-state index is 14.6. The number of nitrogen functional groups attached to an aromatic ring is 1. The summed E-state index contributed by atoms with van der Waals surface area (Å²) in [6.45, 7) is 1.10. The van der Waals surface area contributed by atoms with Crippen molar-refractivity contribution in [3.05, 3.63) is 64.9 Å². The zero-order valence-electron chi connectivity index (χ0n) is 16.7. The number of benzene rings is 2. The van der Waals surface area contributed by atoms with Crippen molar-refractivity contribution in [1.82, 2.24) is 20.2 Å². The summed E-state index contributed by atoms with van der Waals surface area (Å²) in [7, 11) is 3.89. The van der Waals surface area contributed by atoms with Gasteiger partial charge in [-0.15, -0.1) is 0 Å². The van der Waals surface area contributed by atoms with Gasteiger partial charge in [0.2, 0.25) is 5.95 Å². The third-order valence-electron chi connectivity index (χ3n) is 4.93. The number of hydrogen-bond acceptors (Lipinski definition) is 5. The molecular formula is C22H21F2N5O. The number of fused-ring (bicyclic) bond motifs is 1. The normalized spacial score (nSPS) is 13.3. The van der Waals surface area contributed by atoms with Crippen LogP contribution in [0, 0.1) is 11.8 Å². The number of nitrogens with zero attached hydrogens (tertiary/aromatic N) is 3. The van der Waals surface area contributed by atoms with Crippen molar-refractivity contribution in [2.24, 2.45) is 0 Å². The van der Waals surface area contributed by atoms with Crippen LogP contribution < -0.4 is 11.1 Å². The Morgan fingerprint density at radius 2 is 1.90 bits per heavy atom. The third-order valence-corrected chi connectivity index (χ3v) is 4.93. The summed E-state index contributed by atoms with van der Waals surface area (Å²) in [6.07, 6.45) is 0.486. The van der Waals surface area contributed by atoms with Crippen molar-refractivity contribution in [1.29, 1.82) is 0 Å². The second-order valence-corrected chi connectivity index (χ2v) is 7.53. The van der Waals surface area contributed by atoms with Gasteiger partial charge in [0, 0.05) is 24.2 Å². The molecule has 0 fully saturated rings.